The number of fused-ring (bicyclic) bond motifs is 2. The number of morpholine rings is 1. The van der Waals surface area contributed by atoms with Crippen LogP contribution in [0.15, 0.2) is 18.2 Å². The second-order valence-electron chi connectivity index (χ2n) is 9.41. The Hall–Kier alpha value is -1.25. The van der Waals surface area contributed by atoms with Crippen LogP contribution in [0.3, 0.4) is 0 Å². The van der Waals surface area contributed by atoms with Crippen molar-refractivity contribution in [1.82, 2.24) is 15.5 Å². The summed E-state index contributed by atoms with van der Waals surface area (Å²) in [5.41, 5.74) is 0.767. The number of carbonyl (C=O) groups excluding carboxylic acids is 1. The molecule has 0 spiro atoms. The highest BCUT2D eigenvalue weighted by Crippen LogP contribution is 2.46. The maximum Gasteiger partial charge on any atom is 0.228 e. The van der Waals surface area contributed by atoms with Crippen LogP contribution in [0.2, 0.25) is 0 Å². The average Bonchev–Trinajstić information content (AvgIpc) is 3.07. The van der Waals surface area contributed by atoms with E-state index in [1.54, 1.807) is 0 Å². The molecule has 0 bridgehead atoms. The lowest BCUT2D eigenvalue weighted by Crippen LogP contribution is -2.60. The summed E-state index contributed by atoms with van der Waals surface area (Å²) >= 11 is 0. The first-order chi connectivity index (χ1) is 15.2. The number of benzene rings is 1. The van der Waals surface area contributed by atoms with Crippen LogP contribution in [0.4, 0.5) is 0 Å². The molecule has 1 aromatic carbocycles. The molecule has 4 aliphatic rings. The van der Waals surface area contributed by atoms with Crippen molar-refractivity contribution in [2.24, 2.45) is 11.3 Å². The van der Waals surface area contributed by atoms with E-state index in [1.165, 1.54) is 0 Å². The van der Waals surface area contributed by atoms with Gasteiger partial charge in [0.25, 0.3) is 0 Å². The highest BCUT2D eigenvalue weighted by atomic mass is 35.5. The smallest absolute Gasteiger partial charge is 0.228 e. The summed E-state index contributed by atoms with van der Waals surface area (Å²) < 4.78 is 17.1. The number of rotatable bonds is 4. The summed E-state index contributed by atoms with van der Waals surface area (Å²) in [5, 5.41) is 6.78. The first-order valence-corrected chi connectivity index (χ1v) is 11.9. The number of nitrogens with one attached hydrogen (secondary N) is 2. The number of carbonyl (C=O) groups is 1. The fourth-order valence-corrected chi connectivity index (χ4v) is 5.84. The number of hydrogen-bond acceptors (Lipinski definition) is 6. The van der Waals surface area contributed by atoms with Gasteiger partial charge in [0.05, 0.1) is 31.8 Å². The van der Waals surface area contributed by atoms with Crippen LogP contribution in [0.25, 0.3) is 0 Å². The second kappa shape index (κ2) is 11.9. The number of nitrogens with zero attached hydrogens (tertiary/aromatic N) is 1. The number of ether oxygens (including phenoxy) is 3. The first kappa shape index (κ1) is 26.4. The number of halogens is 2. The van der Waals surface area contributed by atoms with E-state index in [0.717, 1.165) is 88.6 Å². The van der Waals surface area contributed by atoms with Crippen LogP contribution >= 0.6 is 24.8 Å². The zero-order chi connectivity index (χ0) is 21.1. The monoisotopic (exact) mass is 501 g/mol. The van der Waals surface area contributed by atoms with Gasteiger partial charge in [-0.3, -0.25) is 9.69 Å². The number of hydrogen-bond donors (Lipinski definition) is 2. The summed E-state index contributed by atoms with van der Waals surface area (Å²) in [5.74, 6) is 2.23. The lowest BCUT2D eigenvalue weighted by Gasteiger charge is -2.50. The van der Waals surface area contributed by atoms with E-state index in [9.17, 15) is 4.79 Å². The molecule has 2 N–H and O–H groups in total. The van der Waals surface area contributed by atoms with E-state index in [1.807, 2.05) is 18.2 Å². The molecule has 9 heteroatoms. The largest absolute Gasteiger partial charge is 0.490 e. The van der Waals surface area contributed by atoms with Crippen LogP contribution in [-0.4, -0.2) is 69.5 Å². The second-order valence-corrected chi connectivity index (χ2v) is 9.41. The Labute approximate surface area is 209 Å². The molecule has 186 valence electrons. The topological polar surface area (TPSA) is 72.1 Å². The predicted molar refractivity (Wildman–Crippen MR) is 132 cm³/mol. The molecule has 5 rings (SSSR count). The summed E-state index contributed by atoms with van der Waals surface area (Å²) in [6.45, 7) is 7.41. The lowest BCUT2D eigenvalue weighted by atomic mass is 9.61. The van der Waals surface area contributed by atoms with Crippen molar-refractivity contribution < 1.29 is 19.0 Å². The van der Waals surface area contributed by atoms with Crippen LogP contribution in [-0.2, 0) is 16.1 Å². The average molecular weight is 502 g/mol. The number of piperidine rings is 1. The minimum absolute atomic E-state index is 0. The minimum Gasteiger partial charge on any atom is -0.490 e. The zero-order valence-electron chi connectivity index (χ0n) is 19.2. The van der Waals surface area contributed by atoms with Crippen LogP contribution in [0, 0.1) is 11.3 Å². The molecule has 3 heterocycles. The van der Waals surface area contributed by atoms with Crippen LogP contribution in [0.1, 0.15) is 37.7 Å². The summed E-state index contributed by atoms with van der Waals surface area (Å²) in [4.78, 5) is 16.1. The fourth-order valence-electron chi connectivity index (χ4n) is 5.84. The quantitative estimate of drug-likeness (QED) is 0.660. The van der Waals surface area contributed by atoms with Crippen LogP contribution < -0.4 is 20.1 Å². The van der Waals surface area contributed by atoms with Gasteiger partial charge in [-0.1, -0.05) is 6.07 Å². The zero-order valence-corrected chi connectivity index (χ0v) is 20.8. The standard InChI is InChI=1S/C24H35N3O4.2ClH/c28-23(26-16-18-2-3-21-22(14-18)31-11-1-10-30-21)24-6-4-20(27-8-12-29-13-9-27)15-19(24)5-7-25-17-24;;/h2-3,14,19-20,25H,1,4-13,15-17H2,(H,26,28);2*1H/t19-,20+,24-;;/m1../s1. The summed E-state index contributed by atoms with van der Waals surface area (Å²) in [6, 6.07) is 6.58. The maximum absolute atomic E-state index is 13.5. The Kier molecular flexibility index (Phi) is 9.53. The van der Waals surface area contributed by atoms with Gasteiger partial charge in [-0.2, -0.15) is 0 Å². The van der Waals surface area contributed by atoms with Crippen molar-refractivity contribution in [3.8, 4) is 11.5 Å². The van der Waals surface area contributed by atoms with E-state index in [2.05, 4.69) is 15.5 Å². The maximum atomic E-state index is 13.5. The van der Waals surface area contributed by atoms with Gasteiger partial charge in [0, 0.05) is 38.6 Å². The van der Waals surface area contributed by atoms with Crippen molar-refractivity contribution in [3.05, 3.63) is 23.8 Å². The molecule has 2 saturated heterocycles. The Morgan fingerprint density at radius 2 is 1.88 bits per heavy atom. The Morgan fingerprint density at radius 3 is 2.70 bits per heavy atom. The molecule has 1 saturated carbocycles. The molecule has 0 radical (unpaired) electrons. The van der Waals surface area contributed by atoms with E-state index in [4.69, 9.17) is 14.2 Å². The summed E-state index contributed by atoms with van der Waals surface area (Å²) in [6.07, 6.45) is 5.15. The van der Waals surface area contributed by atoms with Crippen molar-refractivity contribution in [3.63, 3.8) is 0 Å². The van der Waals surface area contributed by atoms with Gasteiger partial charge in [0.2, 0.25) is 5.91 Å². The van der Waals surface area contributed by atoms with E-state index in [0.29, 0.717) is 31.7 Å². The Morgan fingerprint density at radius 1 is 1.09 bits per heavy atom. The van der Waals surface area contributed by atoms with Crippen LogP contribution in [0.5, 0.6) is 11.5 Å². The van der Waals surface area contributed by atoms with Gasteiger partial charge < -0.3 is 24.8 Å². The molecule has 0 unspecified atom stereocenters. The van der Waals surface area contributed by atoms with Gasteiger partial charge in [0.1, 0.15) is 0 Å². The van der Waals surface area contributed by atoms with Gasteiger partial charge in [-0.25, -0.2) is 0 Å². The highest BCUT2D eigenvalue weighted by Gasteiger charge is 2.50. The molecule has 3 aliphatic heterocycles. The van der Waals surface area contributed by atoms with Crippen molar-refractivity contribution >= 4 is 30.7 Å². The minimum atomic E-state index is -0.285. The first-order valence-electron chi connectivity index (χ1n) is 11.9. The molecule has 3 atom stereocenters. The fraction of sp³-hybridized carbons (Fsp3) is 0.708. The Bertz CT molecular complexity index is 793. The third kappa shape index (κ3) is 5.70. The third-order valence-corrected chi connectivity index (χ3v) is 7.65. The lowest BCUT2D eigenvalue weighted by molar-refractivity contribution is -0.140. The van der Waals surface area contributed by atoms with Gasteiger partial charge in [-0.05, 0) is 55.8 Å². The van der Waals surface area contributed by atoms with Gasteiger partial charge in [0.15, 0.2) is 11.5 Å². The molecule has 1 aromatic rings. The van der Waals surface area contributed by atoms with E-state index >= 15 is 0 Å². The molecule has 7 nitrogen and oxygen atoms in total. The SMILES string of the molecule is Cl.Cl.O=C(NCc1ccc2c(c1)OCCCO2)[C@@]12CC[C@H](N3CCOCC3)C[C@H]1CCNC2. The highest BCUT2D eigenvalue weighted by molar-refractivity contribution is 5.85. The van der Waals surface area contributed by atoms with E-state index < -0.39 is 0 Å². The molecular weight excluding hydrogens is 465 g/mol. The van der Waals surface area contributed by atoms with E-state index in [-0.39, 0.29) is 36.1 Å². The summed E-state index contributed by atoms with van der Waals surface area (Å²) in [7, 11) is 0. The molecular formula is C24H37Cl2N3O4. The normalized spacial score (nSPS) is 29.5. The molecule has 0 aromatic heterocycles. The third-order valence-electron chi connectivity index (χ3n) is 7.65. The molecule has 1 aliphatic carbocycles. The van der Waals surface area contributed by atoms with Gasteiger partial charge >= 0.3 is 0 Å². The van der Waals surface area contributed by atoms with Gasteiger partial charge in [-0.15, -0.1) is 24.8 Å². The number of amides is 1. The Balaban J connectivity index is 0.00000153. The van der Waals surface area contributed by atoms with Crippen molar-refractivity contribution in [2.45, 2.75) is 44.7 Å². The van der Waals surface area contributed by atoms with Crippen molar-refractivity contribution in [1.29, 1.82) is 0 Å². The molecule has 33 heavy (non-hydrogen) atoms. The predicted octanol–water partition coefficient (Wildman–Crippen LogP) is 2.79. The van der Waals surface area contributed by atoms with Crippen molar-refractivity contribution in [2.75, 3.05) is 52.6 Å². The molecule has 1 amide bonds. The molecule has 3 fully saturated rings.